The van der Waals surface area contributed by atoms with Gasteiger partial charge in [-0.25, -0.2) is 4.79 Å². The van der Waals surface area contributed by atoms with Crippen LogP contribution in [-0.2, 0) is 9.53 Å². The predicted molar refractivity (Wildman–Crippen MR) is 122 cm³/mol. The van der Waals surface area contributed by atoms with E-state index in [0.29, 0.717) is 12.2 Å². The van der Waals surface area contributed by atoms with Gasteiger partial charge in [-0.2, -0.15) is 0 Å². The summed E-state index contributed by atoms with van der Waals surface area (Å²) in [5, 5.41) is 10.8. The van der Waals surface area contributed by atoms with Gasteiger partial charge >= 0.3 is 5.97 Å². The van der Waals surface area contributed by atoms with Gasteiger partial charge in [-0.1, -0.05) is 6.07 Å². The molecule has 0 aromatic heterocycles. The molecule has 1 aliphatic rings. The number of benzene rings is 2. The third-order valence-corrected chi connectivity index (χ3v) is 5.04. The molecule has 1 saturated carbocycles. The smallest absolute Gasteiger partial charge is 0.333 e. The molecule has 7 heteroatoms. The molecule has 0 radical (unpaired) electrons. The highest BCUT2D eigenvalue weighted by Crippen LogP contribution is 2.29. The Balaban J connectivity index is 0.00000320. The Hall–Kier alpha value is -2.73. The minimum Gasteiger partial charge on any atom is -0.490 e. The van der Waals surface area contributed by atoms with Crippen molar-refractivity contribution in [1.82, 2.24) is 0 Å². The van der Waals surface area contributed by atoms with Crippen LogP contribution < -0.4 is 15.8 Å². The second kappa shape index (κ2) is 10.9. The van der Waals surface area contributed by atoms with Gasteiger partial charge in [0.2, 0.25) is 0 Å². The van der Waals surface area contributed by atoms with Crippen molar-refractivity contribution in [3.8, 4) is 5.75 Å². The molecule has 1 aliphatic carbocycles. The van der Waals surface area contributed by atoms with Crippen LogP contribution in [0.3, 0.4) is 0 Å². The number of nitrogen functional groups attached to an aromatic ring is 1. The first-order valence-corrected chi connectivity index (χ1v) is 10.1. The summed E-state index contributed by atoms with van der Waals surface area (Å²) in [6.07, 6.45) is 4.80. The molecular weight excluding hydrogens is 402 g/mol. The maximum Gasteiger partial charge on any atom is 0.333 e. The van der Waals surface area contributed by atoms with Crippen molar-refractivity contribution in [2.75, 3.05) is 11.9 Å². The van der Waals surface area contributed by atoms with Crippen molar-refractivity contribution < 1.29 is 14.3 Å². The Labute approximate surface area is 184 Å². The van der Waals surface area contributed by atoms with Crippen molar-refractivity contribution in [3.05, 3.63) is 59.2 Å². The number of amidine groups is 1. The maximum atomic E-state index is 12.7. The van der Waals surface area contributed by atoms with Crippen LogP contribution in [0.4, 0.5) is 5.69 Å². The quantitative estimate of drug-likeness (QED) is 0.318. The number of rotatable bonds is 8. The summed E-state index contributed by atoms with van der Waals surface area (Å²) < 4.78 is 11.5. The molecule has 1 fully saturated rings. The molecule has 0 bridgehead atoms. The molecule has 6 nitrogen and oxygen atoms in total. The number of ether oxygens (including phenoxy) is 2. The van der Waals surface area contributed by atoms with Crippen molar-refractivity contribution in [2.45, 2.75) is 51.7 Å². The fraction of sp³-hybridized carbons (Fsp3) is 0.391. The monoisotopic (exact) mass is 431 g/mol. The zero-order valence-electron chi connectivity index (χ0n) is 17.4. The van der Waals surface area contributed by atoms with Crippen LogP contribution in [0.15, 0.2) is 42.5 Å². The molecule has 1 unspecified atom stereocenters. The normalized spacial score (nSPS) is 14.5. The zero-order chi connectivity index (χ0) is 20.8. The van der Waals surface area contributed by atoms with E-state index in [2.05, 4.69) is 5.32 Å². The minimum absolute atomic E-state index is 0. The van der Waals surface area contributed by atoms with Crippen molar-refractivity contribution in [3.63, 3.8) is 0 Å². The third-order valence-electron chi connectivity index (χ3n) is 5.04. The van der Waals surface area contributed by atoms with E-state index in [1.54, 1.807) is 31.2 Å². The molecule has 162 valence electrons. The number of aryl methyl sites for hydroxylation is 1. The summed E-state index contributed by atoms with van der Waals surface area (Å²) in [7, 11) is 0. The molecule has 30 heavy (non-hydrogen) atoms. The standard InChI is InChI=1S/C23H29N3O3.ClH/c1-3-28-23(27)21(26-18-10-8-16(9-11-18)22(24)25)17-12-15(2)13-20(14-17)29-19-6-4-5-7-19;/h8-14,19,21,26H,3-7H2,1-2H3,(H3,24,25);1H. The minimum atomic E-state index is -0.663. The van der Waals surface area contributed by atoms with Crippen LogP contribution in [0.5, 0.6) is 5.75 Å². The highest BCUT2D eigenvalue weighted by Gasteiger charge is 2.24. The summed E-state index contributed by atoms with van der Waals surface area (Å²) in [6, 6.07) is 12.3. The number of esters is 1. The van der Waals surface area contributed by atoms with Gasteiger partial charge in [0.15, 0.2) is 6.04 Å². The molecule has 0 aliphatic heterocycles. The first kappa shape index (κ1) is 23.5. The first-order chi connectivity index (χ1) is 14.0. The van der Waals surface area contributed by atoms with Crippen LogP contribution in [0.2, 0.25) is 0 Å². The molecule has 2 aromatic rings. The fourth-order valence-electron chi connectivity index (χ4n) is 3.63. The van der Waals surface area contributed by atoms with Gasteiger partial charge in [0.25, 0.3) is 0 Å². The average Bonchev–Trinajstić information content (AvgIpc) is 3.19. The van der Waals surface area contributed by atoms with Gasteiger partial charge in [0.05, 0.1) is 12.7 Å². The van der Waals surface area contributed by atoms with E-state index < -0.39 is 6.04 Å². The summed E-state index contributed by atoms with van der Waals surface area (Å²) in [4.78, 5) is 12.7. The Morgan fingerprint density at radius 2 is 1.87 bits per heavy atom. The van der Waals surface area contributed by atoms with E-state index >= 15 is 0 Å². The van der Waals surface area contributed by atoms with Crippen LogP contribution >= 0.6 is 12.4 Å². The van der Waals surface area contributed by atoms with E-state index in [0.717, 1.165) is 35.4 Å². The Kier molecular flexibility index (Phi) is 8.54. The van der Waals surface area contributed by atoms with Crippen LogP contribution in [0.25, 0.3) is 0 Å². The second-order valence-corrected chi connectivity index (χ2v) is 7.42. The van der Waals surface area contributed by atoms with Crippen molar-refractivity contribution in [1.29, 1.82) is 5.41 Å². The van der Waals surface area contributed by atoms with Gasteiger partial charge in [0.1, 0.15) is 11.6 Å². The van der Waals surface area contributed by atoms with Crippen molar-refractivity contribution >= 4 is 29.9 Å². The van der Waals surface area contributed by atoms with Gasteiger partial charge in [0, 0.05) is 11.3 Å². The number of hydrogen-bond donors (Lipinski definition) is 3. The number of nitrogens with two attached hydrogens (primary N) is 1. The summed E-state index contributed by atoms with van der Waals surface area (Å²) in [6.45, 7) is 4.09. The largest absolute Gasteiger partial charge is 0.490 e. The summed E-state index contributed by atoms with van der Waals surface area (Å²) in [5.74, 6) is 0.446. The summed E-state index contributed by atoms with van der Waals surface area (Å²) in [5.41, 5.74) is 8.72. The van der Waals surface area contributed by atoms with E-state index in [1.807, 2.05) is 25.1 Å². The van der Waals surface area contributed by atoms with Gasteiger partial charge in [-0.15, -0.1) is 12.4 Å². The van der Waals surface area contributed by atoms with E-state index in [1.165, 1.54) is 12.8 Å². The van der Waals surface area contributed by atoms with E-state index in [9.17, 15) is 4.79 Å². The number of anilines is 1. The number of carbonyl (C=O) groups excluding carboxylic acids is 1. The van der Waals surface area contributed by atoms with Crippen LogP contribution in [0, 0.1) is 12.3 Å². The highest BCUT2D eigenvalue weighted by atomic mass is 35.5. The lowest BCUT2D eigenvalue weighted by atomic mass is 10.0. The topological polar surface area (TPSA) is 97.4 Å². The average molecular weight is 432 g/mol. The van der Waals surface area contributed by atoms with E-state index in [-0.39, 0.29) is 30.3 Å². The first-order valence-electron chi connectivity index (χ1n) is 10.1. The molecule has 0 spiro atoms. The summed E-state index contributed by atoms with van der Waals surface area (Å²) >= 11 is 0. The Morgan fingerprint density at radius 3 is 2.47 bits per heavy atom. The molecule has 0 amide bonds. The molecule has 3 rings (SSSR count). The van der Waals surface area contributed by atoms with Crippen molar-refractivity contribution in [2.24, 2.45) is 5.73 Å². The lowest BCUT2D eigenvalue weighted by Gasteiger charge is -2.21. The number of carbonyl (C=O) groups is 1. The van der Waals surface area contributed by atoms with Gasteiger partial charge in [-0.05, 0) is 87.1 Å². The Bertz CT molecular complexity index is 864. The molecule has 0 saturated heterocycles. The molecule has 0 heterocycles. The third kappa shape index (κ3) is 6.13. The molecule has 1 atom stereocenters. The Morgan fingerprint density at radius 1 is 1.20 bits per heavy atom. The van der Waals surface area contributed by atoms with Crippen LogP contribution in [-0.4, -0.2) is 24.5 Å². The SMILES string of the molecule is CCOC(=O)C(Nc1ccc(C(=N)N)cc1)c1cc(C)cc(OC2CCCC2)c1.Cl. The number of nitrogens with one attached hydrogen (secondary N) is 2. The highest BCUT2D eigenvalue weighted by molar-refractivity contribution is 5.95. The fourth-order valence-corrected chi connectivity index (χ4v) is 3.63. The molecule has 2 aromatic carbocycles. The predicted octanol–water partition coefficient (Wildman–Crippen LogP) is 4.74. The van der Waals surface area contributed by atoms with Crippen LogP contribution in [0.1, 0.15) is 55.3 Å². The van der Waals surface area contributed by atoms with Gasteiger partial charge in [-0.3, -0.25) is 5.41 Å². The lowest BCUT2D eigenvalue weighted by molar-refractivity contribution is -0.144. The lowest BCUT2D eigenvalue weighted by Crippen LogP contribution is -2.24. The maximum absolute atomic E-state index is 12.7. The molecular formula is C23H30ClN3O3. The van der Waals surface area contributed by atoms with E-state index in [4.69, 9.17) is 20.6 Å². The zero-order valence-corrected chi connectivity index (χ0v) is 18.3. The molecule has 4 N–H and O–H groups in total. The number of hydrogen-bond acceptors (Lipinski definition) is 5. The second-order valence-electron chi connectivity index (χ2n) is 7.42. The van der Waals surface area contributed by atoms with Gasteiger partial charge < -0.3 is 20.5 Å². The number of halogens is 1.